The normalized spacial score (nSPS) is 26.9. The van der Waals surface area contributed by atoms with E-state index < -0.39 is 5.41 Å². The number of anilines is 1. The van der Waals surface area contributed by atoms with Crippen molar-refractivity contribution in [2.24, 2.45) is 5.73 Å². The zero-order chi connectivity index (χ0) is 15.2. The Morgan fingerprint density at radius 3 is 3.00 bits per heavy atom. The van der Waals surface area contributed by atoms with Crippen LogP contribution in [0.15, 0.2) is 29.7 Å². The monoisotopic (exact) mass is 285 g/mol. The molecule has 0 saturated carbocycles. The first kappa shape index (κ1) is 13.3. The van der Waals surface area contributed by atoms with E-state index in [0.29, 0.717) is 23.4 Å². The second-order valence-electron chi connectivity index (χ2n) is 5.25. The SMILES string of the molecule is COc1ccc2c(c1)[C@]1(CC(C)OC(N)=C1C#N)C(=O)N2. The lowest BCUT2D eigenvalue weighted by molar-refractivity contribution is -0.121. The topological polar surface area (TPSA) is 97.4 Å². The molecule has 3 N–H and O–H groups in total. The number of benzene rings is 1. The van der Waals surface area contributed by atoms with Crippen molar-refractivity contribution in [2.45, 2.75) is 24.9 Å². The minimum atomic E-state index is -1.10. The first-order chi connectivity index (χ1) is 10.0. The number of fused-ring (bicyclic) bond motifs is 2. The van der Waals surface area contributed by atoms with Gasteiger partial charge in [-0.3, -0.25) is 4.79 Å². The molecule has 108 valence electrons. The van der Waals surface area contributed by atoms with E-state index in [2.05, 4.69) is 5.32 Å². The molecule has 3 rings (SSSR count). The fraction of sp³-hybridized carbons (Fsp3) is 0.333. The number of nitrogens with two attached hydrogens (primary N) is 1. The predicted molar refractivity (Wildman–Crippen MR) is 75.3 cm³/mol. The molecule has 0 aromatic heterocycles. The average Bonchev–Trinajstić information content (AvgIpc) is 2.71. The summed E-state index contributed by atoms with van der Waals surface area (Å²) in [5.41, 5.74) is 6.29. The first-order valence-corrected chi connectivity index (χ1v) is 6.60. The summed E-state index contributed by atoms with van der Waals surface area (Å²) in [5, 5.41) is 12.3. The molecule has 0 fully saturated rings. The highest BCUT2D eigenvalue weighted by atomic mass is 16.5. The van der Waals surface area contributed by atoms with Gasteiger partial charge < -0.3 is 20.5 Å². The van der Waals surface area contributed by atoms with Crippen LogP contribution in [0.25, 0.3) is 0 Å². The molecule has 1 aromatic rings. The fourth-order valence-corrected chi connectivity index (χ4v) is 3.13. The Labute approximate surface area is 122 Å². The van der Waals surface area contributed by atoms with Crippen molar-refractivity contribution < 1.29 is 14.3 Å². The molecule has 1 amide bonds. The van der Waals surface area contributed by atoms with E-state index >= 15 is 0 Å². The van der Waals surface area contributed by atoms with Crippen LogP contribution >= 0.6 is 0 Å². The maximum Gasteiger partial charge on any atom is 0.240 e. The Hall–Kier alpha value is -2.68. The molecule has 1 spiro atoms. The summed E-state index contributed by atoms with van der Waals surface area (Å²) in [6.45, 7) is 1.83. The van der Waals surface area contributed by atoms with Crippen LogP contribution in [-0.4, -0.2) is 19.1 Å². The number of ether oxygens (including phenoxy) is 2. The molecule has 6 nitrogen and oxygen atoms in total. The summed E-state index contributed by atoms with van der Waals surface area (Å²) in [7, 11) is 1.56. The van der Waals surface area contributed by atoms with Gasteiger partial charge in [-0.05, 0) is 25.1 Å². The van der Waals surface area contributed by atoms with Crippen molar-refractivity contribution in [3.05, 3.63) is 35.2 Å². The van der Waals surface area contributed by atoms with Crippen LogP contribution in [0.3, 0.4) is 0 Å². The van der Waals surface area contributed by atoms with Gasteiger partial charge in [0.15, 0.2) is 5.88 Å². The Bertz CT molecular complexity index is 705. The summed E-state index contributed by atoms with van der Waals surface area (Å²) in [6.07, 6.45) is 0.104. The van der Waals surface area contributed by atoms with Crippen LogP contribution in [0.2, 0.25) is 0 Å². The van der Waals surface area contributed by atoms with E-state index in [-0.39, 0.29) is 23.5 Å². The lowest BCUT2D eigenvalue weighted by Gasteiger charge is -2.35. The lowest BCUT2D eigenvalue weighted by atomic mass is 9.70. The number of nitrogens with zero attached hydrogens (tertiary/aromatic N) is 1. The number of methoxy groups -OCH3 is 1. The minimum Gasteiger partial charge on any atom is -0.497 e. The van der Waals surface area contributed by atoms with Crippen molar-refractivity contribution >= 4 is 11.6 Å². The van der Waals surface area contributed by atoms with Crippen LogP contribution in [0.4, 0.5) is 5.69 Å². The van der Waals surface area contributed by atoms with Crippen molar-refractivity contribution in [3.63, 3.8) is 0 Å². The third-order valence-corrected chi connectivity index (χ3v) is 4.03. The van der Waals surface area contributed by atoms with Crippen molar-refractivity contribution in [1.82, 2.24) is 0 Å². The maximum absolute atomic E-state index is 12.6. The lowest BCUT2D eigenvalue weighted by Crippen LogP contribution is -2.44. The Morgan fingerprint density at radius 2 is 2.33 bits per heavy atom. The molecule has 2 aliphatic rings. The van der Waals surface area contributed by atoms with Crippen LogP contribution in [-0.2, 0) is 14.9 Å². The molecule has 0 bridgehead atoms. The molecule has 2 heterocycles. The van der Waals surface area contributed by atoms with E-state index in [4.69, 9.17) is 15.2 Å². The van der Waals surface area contributed by atoms with E-state index in [1.165, 1.54) is 0 Å². The molecule has 6 heteroatoms. The maximum atomic E-state index is 12.6. The van der Waals surface area contributed by atoms with Crippen LogP contribution in [0.1, 0.15) is 18.9 Å². The largest absolute Gasteiger partial charge is 0.497 e. The van der Waals surface area contributed by atoms with Crippen LogP contribution < -0.4 is 15.8 Å². The number of rotatable bonds is 1. The van der Waals surface area contributed by atoms with Crippen LogP contribution in [0, 0.1) is 11.3 Å². The van der Waals surface area contributed by atoms with Gasteiger partial charge in [-0.2, -0.15) is 5.26 Å². The number of amides is 1. The third-order valence-electron chi connectivity index (χ3n) is 4.03. The van der Waals surface area contributed by atoms with E-state index in [1.807, 2.05) is 13.0 Å². The molecule has 1 aromatic carbocycles. The minimum absolute atomic E-state index is 0.0158. The summed E-state index contributed by atoms with van der Waals surface area (Å²) < 4.78 is 10.7. The average molecular weight is 285 g/mol. The summed E-state index contributed by atoms with van der Waals surface area (Å²) >= 11 is 0. The van der Waals surface area contributed by atoms with Gasteiger partial charge >= 0.3 is 0 Å². The second kappa shape index (κ2) is 4.42. The van der Waals surface area contributed by atoms with Gasteiger partial charge in [-0.15, -0.1) is 0 Å². The van der Waals surface area contributed by atoms with Crippen molar-refractivity contribution in [3.8, 4) is 11.8 Å². The van der Waals surface area contributed by atoms with Crippen LogP contribution in [0.5, 0.6) is 5.75 Å². The van der Waals surface area contributed by atoms with Crippen molar-refractivity contribution in [2.75, 3.05) is 12.4 Å². The zero-order valence-electron chi connectivity index (χ0n) is 11.8. The first-order valence-electron chi connectivity index (χ1n) is 6.60. The number of carbonyl (C=O) groups excluding carboxylic acids is 1. The second-order valence-corrected chi connectivity index (χ2v) is 5.25. The molecule has 0 saturated heterocycles. The zero-order valence-corrected chi connectivity index (χ0v) is 11.8. The van der Waals surface area contributed by atoms with Gasteiger partial charge in [0, 0.05) is 17.7 Å². The van der Waals surface area contributed by atoms with Crippen molar-refractivity contribution in [1.29, 1.82) is 5.26 Å². The number of hydrogen-bond donors (Lipinski definition) is 2. The van der Waals surface area contributed by atoms with E-state index in [9.17, 15) is 10.1 Å². The molecule has 21 heavy (non-hydrogen) atoms. The molecule has 1 unspecified atom stereocenters. The van der Waals surface area contributed by atoms with Gasteiger partial charge in [0.2, 0.25) is 5.91 Å². The number of carbonyl (C=O) groups is 1. The fourth-order valence-electron chi connectivity index (χ4n) is 3.13. The quantitative estimate of drug-likeness (QED) is 0.812. The summed E-state index contributed by atoms with van der Waals surface area (Å²) in [5.74, 6) is 0.391. The number of nitriles is 1. The molecular weight excluding hydrogens is 270 g/mol. The highest BCUT2D eigenvalue weighted by Crippen LogP contribution is 2.50. The van der Waals surface area contributed by atoms with Gasteiger partial charge in [-0.1, -0.05) is 0 Å². The number of hydrogen-bond acceptors (Lipinski definition) is 5. The molecule has 2 aliphatic heterocycles. The molecular formula is C15H15N3O3. The van der Waals surface area contributed by atoms with E-state index in [0.717, 1.165) is 0 Å². The van der Waals surface area contributed by atoms with Gasteiger partial charge in [-0.25, -0.2) is 0 Å². The van der Waals surface area contributed by atoms with Gasteiger partial charge in [0.25, 0.3) is 0 Å². The van der Waals surface area contributed by atoms with E-state index in [1.54, 1.807) is 25.3 Å². The Balaban J connectivity index is 2.29. The molecule has 0 radical (unpaired) electrons. The smallest absolute Gasteiger partial charge is 0.240 e. The standard InChI is InChI=1S/C15H15N3O3/c1-8-6-15(11(7-16)13(17)21-8)10-5-9(20-2)3-4-12(10)18-14(15)19/h3-5,8H,6,17H2,1-2H3,(H,18,19)/t8?,15-/m0/s1. The molecule has 0 aliphatic carbocycles. The summed E-state index contributed by atoms with van der Waals surface area (Å²) in [4.78, 5) is 12.6. The predicted octanol–water partition coefficient (Wildman–Crippen LogP) is 1.39. The Morgan fingerprint density at radius 1 is 1.57 bits per heavy atom. The van der Waals surface area contributed by atoms with Gasteiger partial charge in [0.05, 0.1) is 13.2 Å². The molecule has 2 atom stereocenters. The van der Waals surface area contributed by atoms with Gasteiger partial charge in [0.1, 0.15) is 22.8 Å². The summed E-state index contributed by atoms with van der Waals surface area (Å²) in [6, 6.07) is 7.35. The number of nitrogens with one attached hydrogen (secondary N) is 1. The highest BCUT2D eigenvalue weighted by molar-refractivity contribution is 6.09. The third kappa shape index (κ3) is 1.67. The Kier molecular flexibility index (Phi) is 2.80. The highest BCUT2D eigenvalue weighted by Gasteiger charge is 2.54.